The zero-order chi connectivity index (χ0) is 10.4. The van der Waals surface area contributed by atoms with E-state index in [0.29, 0.717) is 24.9 Å². The van der Waals surface area contributed by atoms with Crippen molar-refractivity contribution in [3.63, 3.8) is 0 Å². The summed E-state index contributed by atoms with van der Waals surface area (Å²) >= 11 is 0. The molecule has 1 heterocycles. The minimum atomic E-state index is -0.0504. The number of ether oxygens (including phenoxy) is 1. The van der Waals surface area contributed by atoms with Gasteiger partial charge in [-0.3, -0.25) is 4.79 Å². The molecular formula is C11H22ClNO2. The SMILES string of the molecule is CC(C)CC(=O)OCC1CCCNC1.Cl. The summed E-state index contributed by atoms with van der Waals surface area (Å²) in [6.07, 6.45) is 2.93. The minimum absolute atomic E-state index is 0. The van der Waals surface area contributed by atoms with Crippen LogP contribution in [0.25, 0.3) is 0 Å². The third kappa shape index (κ3) is 6.74. The second-order valence-electron chi connectivity index (χ2n) is 4.49. The van der Waals surface area contributed by atoms with Crippen molar-refractivity contribution in [3.05, 3.63) is 0 Å². The molecular weight excluding hydrogens is 214 g/mol. The number of hydrogen-bond acceptors (Lipinski definition) is 3. The van der Waals surface area contributed by atoms with Crippen LogP contribution in [0.1, 0.15) is 33.1 Å². The lowest BCUT2D eigenvalue weighted by molar-refractivity contribution is -0.146. The highest BCUT2D eigenvalue weighted by Gasteiger charge is 2.15. The van der Waals surface area contributed by atoms with Crippen molar-refractivity contribution in [3.8, 4) is 0 Å². The van der Waals surface area contributed by atoms with Crippen LogP contribution in [0.5, 0.6) is 0 Å². The van der Waals surface area contributed by atoms with Crippen molar-refractivity contribution in [2.24, 2.45) is 11.8 Å². The van der Waals surface area contributed by atoms with E-state index in [0.717, 1.165) is 13.1 Å². The maximum Gasteiger partial charge on any atom is 0.306 e. The number of carbonyl (C=O) groups is 1. The van der Waals surface area contributed by atoms with Gasteiger partial charge in [-0.25, -0.2) is 0 Å². The highest BCUT2D eigenvalue weighted by atomic mass is 35.5. The molecule has 4 heteroatoms. The molecule has 0 bridgehead atoms. The minimum Gasteiger partial charge on any atom is -0.465 e. The maximum atomic E-state index is 11.3. The fourth-order valence-electron chi connectivity index (χ4n) is 1.67. The van der Waals surface area contributed by atoms with Gasteiger partial charge in [0.05, 0.1) is 6.61 Å². The lowest BCUT2D eigenvalue weighted by Crippen LogP contribution is -2.32. The highest BCUT2D eigenvalue weighted by molar-refractivity contribution is 5.85. The van der Waals surface area contributed by atoms with E-state index in [1.165, 1.54) is 12.8 Å². The monoisotopic (exact) mass is 235 g/mol. The van der Waals surface area contributed by atoms with Crippen LogP contribution < -0.4 is 5.32 Å². The Morgan fingerprint density at radius 1 is 1.53 bits per heavy atom. The predicted octanol–water partition coefficient (Wildman–Crippen LogP) is 2.00. The summed E-state index contributed by atoms with van der Waals surface area (Å²) in [5.74, 6) is 0.873. The summed E-state index contributed by atoms with van der Waals surface area (Å²) in [5, 5.41) is 3.31. The van der Waals surface area contributed by atoms with Gasteiger partial charge in [0.1, 0.15) is 0 Å². The Balaban J connectivity index is 0.00000196. The summed E-state index contributed by atoms with van der Waals surface area (Å²) in [6.45, 7) is 6.76. The smallest absolute Gasteiger partial charge is 0.306 e. The molecule has 0 saturated carbocycles. The molecule has 1 fully saturated rings. The molecule has 1 aliphatic heterocycles. The number of esters is 1. The fraction of sp³-hybridized carbons (Fsp3) is 0.909. The molecule has 1 N–H and O–H groups in total. The van der Waals surface area contributed by atoms with Crippen LogP contribution in [0, 0.1) is 11.8 Å². The van der Waals surface area contributed by atoms with Crippen LogP contribution in [0.15, 0.2) is 0 Å². The summed E-state index contributed by atoms with van der Waals surface area (Å²) in [5.41, 5.74) is 0. The number of nitrogens with one attached hydrogen (secondary N) is 1. The first-order valence-electron chi connectivity index (χ1n) is 5.55. The van der Waals surface area contributed by atoms with Crippen LogP contribution in [0.2, 0.25) is 0 Å². The largest absolute Gasteiger partial charge is 0.465 e. The molecule has 1 saturated heterocycles. The van der Waals surface area contributed by atoms with Gasteiger partial charge in [0.2, 0.25) is 0 Å². The molecule has 0 aromatic heterocycles. The Kier molecular flexibility index (Phi) is 7.79. The molecule has 1 rings (SSSR count). The van der Waals surface area contributed by atoms with Crippen LogP contribution in [0.4, 0.5) is 0 Å². The number of hydrogen-bond donors (Lipinski definition) is 1. The summed E-state index contributed by atoms with van der Waals surface area (Å²) in [4.78, 5) is 11.3. The third-order valence-corrected chi connectivity index (χ3v) is 2.45. The Morgan fingerprint density at radius 2 is 2.27 bits per heavy atom. The molecule has 15 heavy (non-hydrogen) atoms. The molecule has 1 unspecified atom stereocenters. The van der Waals surface area contributed by atoms with Crippen molar-refractivity contribution in [2.75, 3.05) is 19.7 Å². The van der Waals surface area contributed by atoms with Gasteiger partial charge >= 0.3 is 5.97 Å². The van der Waals surface area contributed by atoms with Crippen molar-refractivity contribution >= 4 is 18.4 Å². The van der Waals surface area contributed by atoms with E-state index in [9.17, 15) is 4.79 Å². The Bertz CT molecular complexity index is 179. The third-order valence-electron chi connectivity index (χ3n) is 2.45. The summed E-state index contributed by atoms with van der Waals surface area (Å²) in [6, 6.07) is 0. The average Bonchev–Trinajstić information content (AvgIpc) is 2.15. The van der Waals surface area contributed by atoms with E-state index >= 15 is 0 Å². The van der Waals surface area contributed by atoms with Gasteiger partial charge in [-0.1, -0.05) is 13.8 Å². The zero-order valence-electron chi connectivity index (χ0n) is 9.62. The first-order valence-corrected chi connectivity index (χ1v) is 5.55. The number of piperidine rings is 1. The molecule has 0 spiro atoms. The van der Waals surface area contributed by atoms with Gasteiger partial charge in [-0.2, -0.15) is 0 Å². The maximum absolute atomic E-state index is 11.3. The summed E-state index contributed by atoms with van der Waals surface area (Å²) in [7, 11) is 0. The van der Waals surface area contributed by atoms with E-state index in [4.69, 9.17) is 4.74 Å². The normalized spacial score (nSPS) is 20.9. The van der Waals surface area contributed by atoms with E-state index in [1.54, 1.807) is 0 Å². The summed E-state index contributed by atoms with van der Waals surface area (Å²) < 4.78 is 5.21. The molecule has 0 aromatic rings. The second-order valence-corrected chi connectivity index (χ2v) is 4.49. The molecule has 0 radical (unpaired) electrons. The van der Waals surface area contributed by atoms with E-state index < -0.39 is 0 Å². The molecule has 0 aromatic carbocycles. The molecule has 0 amide bonds. The standard InChI is InChI=1S/C11H21NO2.ClH/c1-9(2)6-11(13)14-8-10-4-3-5-12-7-10;/h9-10,12H,3-8H2,1-2H3;1H. The Hall–Kier alpha value is -0.280. The number of rotatable bonds is 4. The van der Waals surface area contributed by atoms with Crippen LogP contribution in [0.3, 0.4) is 0 Å². The number of carbonyl (C=O) groups excluding carboxylic acids is 1. The quantitative estimate of drug-likeness (QED) is 0.758. The lowest BCUT2D eigenvalue weighted by Gasteiger charge is -2.22. The van der Waals surface area contributed by atoms with Gasteiger partial charge in [-0.15, -0.1) is 12.4 Å². The van der Waals surface area contributed by atoms with Crippen molar-refractivity contribution in [1.82, 2.24) is 5.32 Å². The van der Waals surface area contributed by atoms with E-state index in [2.05, 4.69) is 5.32 Å². The molecule has 1 atom stereocenters. The fourth-order valence-corrected chi connectivity index (χ4v) is 1.67. The highest BCUT2D eigenvalue weighted by Crippen LogP contribution is 2.11. The molecule has 90 valence electrons. The first-order chi connectivity index (χ1) is 6.68. The topological polar surface area (TPSA) is 38.3 Å². The van der Waals surface area contributed by atoms with E-state index in [-0.39, 0.29) is 18.4 Å². The molecule has 3 nitrogen and oxygen atoms in total. The van der Waals surface area contributed by atoms with Gasteiger partial charge in [0, 0.05) is 18.9 Å². The zero-order valence-corrected chi connectivity index (χ0v) is 10.4. The van der Waals surface area contributed by atoms with Crippen LogP contribution in [-0.2, 0) is 9.53 Å². The van der Waals surface area contributed by atoms with Gasteiger partial charge in [0.25, 0.3) is 0 Å². The Labute approximate surface area is 98.4 Å². The molecule has 0 aliphatic carbocycles. The average molecular weight is 236 g/mol. The van der Waals surface area contributed by atoms with Crippen molar-refractivity contribution < 1.29 is 9.53 Å². The first kappa shape index (κ1) is 14.7. The van der Waals surface area contributed by atoms with Crippen molar-refractivity contribution in [1.29, 1.82) is 0 Å². The van der Waals surface area contributed by atoms with Crippen LogP contribution in [-0.4, -0.2) is 25.7 Å². The van der Waals surface area contributed by atoms with Gasteiger partial charge < -0.3 is 10.1 Å². The number of halogens is 1. The molecule has 1 aliphatic rings. The predicted molar refractivity (Wildman–Crippen MR) is 63.3 cm³/mol. The van der Waals surface area contributed by atoms with E-state index in [1.807, 2.05) is 13.8 Å². The van der Waals surface area contributed by atoms with Crippen LogP contribution >= 0.6 is 12.4 Å². The van der Waals surface area contributed by atoms with Gasteiger partial charge in [-0.05, 0) is 25.3 Å². The lowest BCUT2D eigenvalue weighted by atomic mass is 10.0. The van der Waals surface area contributed by atoms with Gasteiger partial charge in [0.15, 0.2) is 0 Å². The second kappa shape index (κ2) is 7.94. The van der Waals surface area contributed by atoms with Crippen molar-refractivity contribution in [2.45, 2.75) is 33.1 Å². The Morgan fingerprint density at radius 3 is 2.80 bits per heavy atom.